The minimum Gasteiger partial charge on any atom is -0.387 e. The van der Waals surface area contributed by atoms with E-state index in [-0.39, 0.29) is 0 Å². The van der Waals surface area contributed by atoms with Gasteiger partial charge in [-0.2, -0.15) is 5.26 Å². The average molecular weight is 356 g/mol. The highest BCUT2D eigenvalue weighted by Gasteiger charge is 2.19. The minimum atomic E-state index is 0.573. The van der Waals surface area contributed by atoms with E-state index >= 15 is 0 Å². The lowest BCUT2D eigenvalue weighted by molar-refractivity contribution is 0.141. The summed E-state index contributed by atoms with van der Waals surface area (Å²) < 4.78 is 2.16. The summed E-state index contributed by atoms with van der Waals surface area (Å²) >= 11 is 0. The van der Waals surface area contributed by atoms with E-state index in [0.29, 0.717) is 12.1 Å². The third kappa shape index (κ3) is 2.96. The summed E-state index contributed by atoms with van der Waals surface area (Å²) in [6.45, 7) is 6.63. The number of hydrogen-bond acceptors (Lipinski definition) is 4. The molecular weight excluding hydrogens is 336 g/mol. The first-order valence-electron chi connectivity index (χ1n) is 8.84. The summed E-state index contributed by atoms with van der Waals surface area (Å²) in [5.74, 6) is 1.67. The predicted octanol–water partition coefficient (Wildman–Crippen LogP) is 4.43. The van der Waals surface area contributed by atoms with E-state index in [4.69, 9.17) is 4.84 Å². The smallest absolute Gasteiger partial charge is 0.137 e. The van der Waals surface area contributed by atoms with Crippen molar-refractivity contribution in [3.8, 4) is 6.07 Å². The Morgan fingerprint density at radius 1 is 1.15 bits per heavy atom. The SMILES string of the molecule is CC1=CNOC(C)=C1c1cc(C#N)c2nc(C)n(Cc3ccccc3)c2c1. The summed E-state index contributed by atoms with van der Waals surface area (Å²) in [5, 5.41) is 9.71. The van der Waals surface area contributed by atoms with Gasteiger partial charge in [0.2, 0.25) is 0 Å². The van der Waals surface area contributed by atoms with E-state index in [0.717, 1.165) is 39.3 Å². The molecular formula is C22H20N4O. The maximum atomic E-state index is 9.71. The van der Waals surface area contributed by atoms with Gasteiger partial charge in [0, 0.05) is 18.3 Å². The molecule has 0 fully saturated rings. The number of aromatic nitrogens is 2. The Bertz CT molecular complexity index is 1130. The van der Waals surface area contributed by atoms with Gasteiger partial charge in [0.25, 0.3) is 0 Å². The number of allylic oxidation sites excluding steroid dienone is 3. The maximum Gasteiger partial charge on any atom is 0.137 e. The lowest BCUT2D eigenvalue weighted by Crippen LogP contribution is -2.13. The molecule has 5 nitrogen and oxygen atoms in total. The van der Waals surface area contributed by atoms with Crippen LogP contribution in [0.3, 0.4) is 0 Å². The van der Waals surface area contributed by atoms with Gasteiger partial charge in [-0.05, 0) is 49.6 Å². The molecule has 0 bridgehead atoms. The zero-order chi connectivity index (χ0) is 19.0. The molecule has 0 amide bonds. The molecule has 0 saturated carbocycles. The zero-order valence-electron chi connectivity index (χ0n) is 15.6. The zero-order valence-corrected chi connectivity index (χ0v) is 15.6. The fourth-order valence-corrected chi connectivity index (χ4v) is 3.57. The van der Waals surface area contributed by atoms with Crippen LogP contribution < -0.4 is 5.48 Å². The van der Waals surface area contributed by atoms with Gasteiger partial charge in [0.1, 0.15) is 23.2 Å². The van der Waals surface area contributed by atoms with Crippen molar-refractivity contribution in [1.29, 1.82) is 5.26 Å². The van der Waals surface area contributed by atoms with Crippen LogP contribution in [0.25, 0.3) is 16.6 Å². The highest BCUT2D eigenvalue weighted by Crippen LogP contribution is 2.33. The molecule has 5 heteroatoms. The van der Waals surface area contributed by atoms with Crippen molar-refractivity contribution in [1.82, 2.24) is 15.0 Å². The lowest BCUT2D eigenvalue weighted by atomic mass is 9.95. The van der Waals surface area contributed by atoms with Crippen molar-refractivity contribution in [2.75, 3.05) is 0 Å². The van der Waals surface area contributed by atoms with Gasteiger partial charge >= 0.3 is 0 Å². The van der Waals surface area contributed by atoms with Crippen molar-refractivity contribution < 1.29 is 4.84 Å². The van der Waals surface area contributed by atoms with Gasteiger partial charge < -0.3 is 9.40 Å². The van der Waals surface area contributed by atoms with Crippen molar-refractivity contribution in [2.24, 2.45) is 0 Å². The number of hydrogen-bond donors (Lipinski definition) is 1. The number of imidazole rings is 1. The number of fused-ring (bicyclic) bond motifs is 1. The molecule has 0 atom stereocenters. The standard InChI is InChI=1S/C22H20N4O/c1-14-12-24-27-15(2)21(14)18-9-19(11-23)22-20(10-18)26(16(3)25-22)13-17-7-5-4-6-8-17/h4-10,12,24H,13H2,1-3H3. The molecule has 2 heterocycles. The molecule has 2 aromatic carbocycles. The molecule has 0 aliphatic carbocycles. The lowest BCUT2D eigenvalue weighted by Gasteiger charge is -2.19. The summed E-state index contributed by atoms with van der Waals surface area (Å²) in [7, 11) is 0. The summed E-state index contributed by atoms with van der Waals surface area (Å²) in [6, 6.07) is 16.6. The first-order valence-corrected chi connectivity index (χ1v) is 8.84. The van der Waals surface area contributed by atoms with Crippen LogP contribution in [0.2, 0.25) is 0 Å². The van der Waals surface area contributed by atoms with Crippen molar-refractivity contribution in [3.05, 3.63) is 82.5 Å². The van der Waals surface area contributed by atoms with E-state index in [2.05, 4.69) is 39.3 Å². The molecule has 4 rings (SSSR count). The number of aryl methyl sites for hydroxylation is 1. The number of nitrogens with zero attached hydrogens (tertiary/aromatic N) is 3. The van der Waals surface area contributed by atoms with Crippen molar-refractivity contribution >= 4 is 16.6 Å². The third-order valence-electron chi connectivity index (χ3n) is 4.87. The average Bonchev–Trinajstić information content (AvgIpc) is 2.97. The topological polar surface area (TPSA) is 62.9 Å². The number of nitriles is 1. The monoisotopic (exact) mass is 356 g/mol. The van der Waals surface area contributed by atoms with Crippen LogP contribution >= 0.6 is 0 Å². The Kier molecular flexibility index (Phi) is 4.17. The Labute approximate surface area is 158 Å². The second-order valence-corrected chi connectivity index (χ2v) is 6.71. The summed E-state index contributed by atoms with van der Waals surface area (Å²) in [4.78, 5) is 10.2. The van der Waals surface area contributed by atoms with Crippen LogP contribution in [0.15, 0.2) is 60.0 Å². The van der Waals surface area contributed by atoms with E-state index < -0.39 is 0 Å². The Hall–Kier alpha value is -3.52. The first kappa shape index (κ1) is 16.9. The number of nitrogens with one attached hydrogen (secondary N) is 1. The van der Waals surface area contributed by atoms with Crippen LogP contribution in [-0.4, -0.2) is 9.55 Å². The molecule has 0 spiro atoms. The van der Waals surface area contributed by atoms with Crippen molar-refractivity contribution in [3.63, 3.8) is 0 Å². The predicted molar refractivity (Wildman–Crippen MR) is 105 cm³/mol. The Balaban J connectivity index is 1.93. The van der Waals surface area contributed by atoms with Gasteiger partial charge in [-0.3, -0.25) is 0 Å². The molecule has 1 aromatic heterocycles. The van der Waals surface area contributed by atoms with Crippen molar-refractivity contribution in [2.45, 2.75) is 27.3 Å². The fourth-order valence-electron chi connectivity index (χ4n) is 3.57. The molecule has 0 saturated heterocycles. The number of rotatable bonds is 3. The van der Waals surface area contributed by atoms with E-state index in [1.807, 2.05) is 51.2 Å². The van der Waals surface area contributed by atoms with E-state index in [9.17, 15) is 5.26 Å². The Morgan fingerprint density at radius 3 is 2.63 bits per heavy atom. The highest BCUT2D eigenvalue weighted by molar-refractivity contribution is 5.90. The molecule has 0 radical (unpaired) electrons. The number of hydroxylamine groups is 1. The van der Waals surface area contributed by atoms with Crippen LogP contribution in [0.5, 0.6) is 0 Å². The molecule has 0 unspecified atom stereocenters. The first-order chi connectivity index (χ1) is 13.1. The van der Waals surface area contributed by atoms with E-state index in [1.165, 1.54) is 5.56 Å². The van der Waals surface area contributed by atoms with Gasteiger partial charge in [-0.1, -0.05) is 30.3 Å². The van der Waals surface area contributed by atoms with Crippen LogP contribution in [0.1, 0.15) is 36.4 Å². The van der Waals surface area contributed by atoms with E-state index in [1.54, 1.807) is 0 Å². The second kappa shape index (κ2) is 6.65. The molecule has 134 valence electrons. The molecule has 1 N–H and O–H groups in total. The largest absolute Gasteiger partial charge is 0.387 e. The maximum absolute atomic E-state index is 9.71. The molecule has 27 heavy (non-hydrogen) atoms. The summed E-state index contributed by atoms with van der Waals surface area (Å²) in [6.07, 6.45) is 1.82. The summed E-state index contributed by atoms with van der Waals surface area (Å²) in [5.41, 5.74) is 9.28. The molecule has 1 aliphatic heterocycles. The van der Waals surface area contributed by atoms with Gasteiger partial charge in [-0.15, -0.1) is 0 Å². The second-order valence-electron chi connectivity index (χ2n) is 6.71. The number of benzene rings is 2. The van der Waals surface area contributed by atoms with Gasteiger partial charge in [0.05, 0.1) is 11.1 Å². The van der Waals surface area contributed by atoms with Gasteiger partial charge in [-0.25, -0.2) is 10.5 Å². The van der Waals surface area contributed by atoms with Gasteiger partial charge in [0.15, 0.2) is 0 Å². The normalized spacial score (nSPS) is 13.8. The van der Waals surface area contributed by atoms with Crippen LogP contribution in [0.4, 0.5) is 0 Å². The quantitative estimate of drug-likeness (QED) is 0.754. The van der Waals surface area contributed by atoms with Crippen LogP contribution in [-0.2, 0) is 11.4 Å². The molecule has 3 aromatic rings. The third-order valence-corrected chi connectivity index (χ3v) is 4.87. The Morgan fingerprint density at radius 2 is 1.93 bits per heavy atom. The highest BCUT2D eigenvalue weighted by atomic mass is 16.6. The fraction of sp³-hybridized carbons (Fsp3) is 0.182. The molecule has 1 aliphatic rings. The minimum absolute atomic E-state index is 0.573. The van der Waals surface area contributed by atoms with Crippen LogP contribution in [0, 0.1) is 18.3 Å².